The molecule has 9 nitrogen and oxygen atoms in total. The summed E-state index contributed by atoms with van der Waals surface area (Å²) in [6.45, 7) is 11.8. The molecule has 0 spiro atoms. The second-order valence-corrected chi connectivity index (χ2v) is 9.50. The third-order valence-corrected chi connectivity index (χ3v) is 6.79. The summed E-state index contributed by atoms with van der Waals surface area (Å²) >= 11 is 0. The first-order valence-corrected chi connectivity index (χ1v) is 12.2. The van der Waals surface area contributed by atoms with Gasteiger partial charge in [-0.05, 0) is 18.1 Å². The third-order valence-electron chi connectivity index (χ3n) is 6.79. The van der Waals surface area contributed by atoms with Gasteiger partial charge >= 0.3 is 0 Å². The molecule has 0 saturated carbocycles. The van der Waals surface area contributed by atoms with Gasteiger partial charge in [0, 0.05) is 70.7 Å². The summed E-state index contributed by atoms with van der Waals surface area (Å²) < 4.78 is 11.0. The number of benzene rings is 1. The highest BCUT2D eigenvalue weighted by molar-refractivity contribution is 5.92. The maximum Gasteiger partial charge on any atom is 0.275 e. The average Bonchev–Trinajstić information content (AvgIpc) is 3.33. The van der Waals surface area contributed by atoms with Crippen LogP contribution >= 0.6 is 0 Å². The zero-order valence-corrected chi connectivity index (χ0v) is 20.5. The number of amides is 1. The van der Waals surface area contributed by atoms with Crippen LogP contribution in [0.1, 0.15) is 30.2 Å². The molecule has 2 aliphatic rings. The van der Waals surface area contributed by atoms with Gasteiger partial charge in [-0.3, -0.25) is 14.6 Å². The van der Waals surface area contributed by atoms with Crippen molar-refractivity contribution < 1.29 is 19.1 Å². The summed E-state index contributed by atoms with van der Waals surface area (Å²) in [5.41, 5.74) is 1.48. The van der Waals surface area contributed by atoms with E-state index in [1.165, 1.54) is 6.26 Å². The van der Waals surface area contributed by atoms with E-state index in [1.54, 1.807) is 7.11 Å². The summed E-state index contributed by atoms with van der Waals surface area (Å²) in [6, 6.07) is 8.00. The fraction of sp³-hybridized carbons (Fsp3) is 0.600. The molecule has 2 aliphatic heterocycles. The van der Waals surface area contributed by atoms with Crippen molar-refractivity contribution in [1.82, 2.24) is 19.7 Å². The van der Waals surface area contributed by atoms with Crippen molar-refractivity contribution in [2.24, 2.45) is 5.92 Å². The summed E-state index contributed by atoms with van der Waals surface area (Å²) in [4.78, 5) is 26.2. The number of nitrogens with zero attached hydrogens (tertiary/aromatic N) is 5. The zero-order valence-electron chi connectivity index (χ0n) is 20.5. The Balaban J connectivity index is 1.24. The van der Waals surface area contributed by atoms with Crippen LogP contribution in [0.2, 0.25) is 0 Å². The van der Waals surface area contributed by atoms with E-state index in [9.17, 15) is 9.90 Å². The van der Waals surface area contributed by atoms with Crippen molar-refractivity contribution in [3.05, 3.63) is 42.1 Å². The lowest BCUT2D eigenvalue weighted by Crippen LogP contribution is -2.49. The lowest BCUT2D eigenvalue weighted by Gasteiger charge is -2.36. The van der Waals surface area contributed by atoms with Gasteiger partial charge in [-0.2, -0.15) is 0 Å². The molecule has 0 bridgehead atoms. The summed E-state index contributed by atoms with van der Waals surface area (Å²) in [5, 5.41) is 10.1. The molecule has 2 saturated heterocycles. The number of β-amino-alcohol motifs (C(OH)–C–C–N with tert-alkyl or cyclic N) is 1. The summed E-state index contributed by atoms with van der Waals surface area (Å²) in [7, 11) is 1.67. The van der Waals surface area contributed by atoms with Crippen molar-refractivity contribution in [3.63, 3.8) is 0 Å². The Morgan fingerprint density at radius 1 is 1.09 bits per heavy atom. The first-order valence-electron chi connectivity index (χ1n) is 12.2. The van der Waals surface area contributed by atoms with Gasteiger partial charge in [0.2, 0.25) is 5.89 Å². The Hall–Kier alpha value is -2.62. The number of ether oxygens (including phenoxy) is 1. The standard InChI is InChI=1S/C25H37N5O4/c1-19(2)23(31)16-27-7-9-28(10-8-27)17-24-26-22(18-34-24)25(32)30-13-11-29(12-14-30)20-5-4-6-21(15-20)33-3/h4-6,15,18-19,23,31H,7-14,16-17H2,1-3H3/t23-/m1/s1. The molecule has 0 aliphatic carbocycles. The number of hydrogen-bond donors (Lipinski definition) is 1. The van der Waals surface area contributed by atoms with Gasteiger partial charge in [-0.25, -0.2) is 4.98 Å². The van der Waals surface area contributed by atoms with Crippen LogP contribution in [0.5, 0.6) is 5.75 Å². The van der Waals surface area contributed by atoms with Crippen molar-refractivity contribution in [3.8, 4) is 5.75 Å². The molecule has 0 unspecified atom stereocenters. The van der Waals surface area contributed by atoms with Crippen LogP contribution in [0.4, 0.5) is 5.69 Å². The molecule has 186 valence electrons. The smallest absolute Gasteiger partial charge is 0.275 e. The van der Waals surface area contributed by atoms with Crippen LogP contribution in [0, 0.1) is 5.92 Å². The highest BCUT2D eigenvalue weighted by Gasteiger charge is 2.26. The lowest BCUT2D eigenvalue weighted by molar-refractivity contribution is 0.0463. The number of carbonyl (C=O) groups excluding carboxylic acids is 1. The van der Waals surface area contributed by atoms with Crippen LogP contribution in [0.15, 0.2) is 34.9 Å². The Morgan fingerprint density at radius 3 is 2.47 bits per heavy atom. The number of carbonyl (C=O) groups is 1. The molecule has 0 radical (unpaired) electrons. The fourth-order valence-electron chi connectivity index (χ4n) is 4.42. The number of methoxy groups -OCH3 is 1. The van der Waals surface area contributed by atoms with Crippen LogP contribution in [0.25, 0.3) is 0 Å². The Bertz CT molecular complexity index is 933. The summed E-state index contributed by atoms with van der Waals surface area (Å²) in [6.07, 6.45) is 1.20. The van der Waals surface area contributed by atoms with E-state index in [-0.39, 0.29) is 17.9 Å². The quantitative estimate of drug-likeness (QED) is 0.624. The molecular weight excluding hydrogens is 434 g/mol. The number of hydrogen-bond acceptors (Lipinski definition) is 8. The van der Waals surface area contributed by atoms with Gasteiger partial charge in [0.05, 0.1) is 19.8 Å². The fourth-order valence-corrected chi connectivity index (χ4v) is 4.42. The van der Waals surface area contributed by atoms with Crippen molar-refractivity contribution in [2.75, 3.05) is 70.9 Å². The van der Waals surface area contributed by atoms with Gasteiger partial charge in [0.25, 0.3) is 5.91 Å². The molecule has 1 N–H and O–H groups in total. The average molecular weight is 472 g/mol. The number of aromatic nitrogens is 1. The minimum atomic E-state index is -0.288. The maximum atomic E-state index is 13.0. The van der Waals surface area contributed by atoms with Crippen LogP contribution in [-0.4, -0.2) is 103 Å². The number of oxazole rings is 1. The highest BCUT2D eigenvalue weighted by atomic mass is 16.5. The van der Waals surface area contributed by atoms with Crippen LogP contribution in [0.3, 0.4) is 0 Å². The van der Waals surface area contributed by atoms with E-state index in [0.717, 1.165) is 50.7 Å². The number of aliphatic hydroxyl groups is 1. The summed E-state index contributed by atoms with van der Waals surface area (Å²) in [5.74, 6) is 1.61. The van der Waals surface area contributed by atoms with Crippen LogP contribution < -0.4 is 9.64 Å². The van der Waals surface area contributed by atoms with E-state index in [0.29, 0.717) is 37.8 Å². The molecule has 1 amide bonds. The van der Waals surface area contributed by atoms with Crippen LogP contribution in [-0.2, 0) is 6.54 Å². The van der Waals surface area contributed by atoms with Crippen molar-refractivity contribution >= 4 is 11.6 Å². The topological polar surface area (TPSA) is 85.5 Å². The highest BCUT2D eigenvalue weighted by Crippen LogP contribution is 2.22. The molecule has 1 atom stereocenters. The monoisotopic (exact) mass is 471 g/mol. The molecule has 34 heavy (non-hydrogen) atoms. The van der Waals surface area contributed by atoms with E-state index in [1.807, 2.05) is 36.9 Å². The minimum absolute atomic E-state index is 0.0761. The largest absolute Gasteiger partial charge is 0.497 e. The normalized spacial score (nSPS) is 19.0. The number of anilines is 1. The maximum absolute atomic E-state index is 13.0. The van der Waals surface area contributed by atoms with Gasteiger partial charge < -0.3 is 24.1 Å². The molecule has 9 heteroatoms. The molecule has 1 aromatic carbocycles. The zero-order chi connectivity index (χ0) is 24.1. The number of aliphatic hydroxyl groups excluding tert-OH is 1. The van der Waals surface area contributed by atoms with E-state index in [2.05, 4.69) is 25.8 Å². The second-order valence-electron chi connectivity index (χ2n) is 9.50. The molecule has 3 heterocycles. The van der Waals surface area contributed by atoms with Crippen molar-refractivity contribution in [1.29, 1.82) is 0 Å². The van der Waals surface area contributed by atoms with E-state index < -0.39 is 0 Å². The van der Waals surface area contributed by atoms with E-state index in [4.69, 9.17) is 9.15 Å². The molecular formula is C25H37N5O4. The Kier molecular flexibility index (Phi) is 8.07. The van der Waals surface area contributed by atoms with Crippen molar-refractivity contribution in [2.45, 2.75) is 26.5 Å². The van der Waals surface area contributed by atoms with Gasteiger partial charge in [-0.15, -0.1) is 0 Å². The number of rotatable bonds is 8. The SMILES string of the molecule is COc1cccc(N2CCN(C(=O)c3coc(CN4CCN(C[C@@H](O)C(C)C)CC4)n3)CC2)c1. The Morgan fingerprint density at radius 2 is 1.79 bits per heavy atom. The lowest BCUT2D eigenvalue weighted by atomic mass is 10.1. The molecule has 2 aromatic rings. The molecule has 1 aromatic heterocycles. The second kappa shape index (κ2) is 11.2. The van der Waals surface area contributed by atoms with E-state index >= 15 is 0 Å². The predicted octanol–water partition coefficient (Wildman–Crippen LogP) is 1.78. The first kappa shape index (κ1) is 24.5. The minimum Gasteiger partial charge on any atom is -0.497 e. The van der Waals surface area contributed by atoms with Gasteiger partial charge in [0.1, 0.15) is 12.0 Å². The van der Waals surface area contributed by atoms with Gasteiger partial charge in [-0.1, -0.05) is 19.9 Å². The molecule has 4 rings (SSSR count). The molecule has 2 fully saturated rings. The predicted molar refractivity (Wildman–Crippen MR) is 130 cm³/mol. The third kappa shape index (κ3) is 6.08. The number of piperazine rings is 2. The first-order chi connectivity index (χ1) is 16.4. The van der Waals surface area contributed by atoms with Gasteiger partial charge in [0.15, 0.2) is 5.69 Å². The Labute approximate surface area is 201 Å².